The van der Waals surface area contributed by atoms with Gasteiger partial charge in [0.05, 0.1) is 22.0 Å². The van der Waals surface area contributed by atoms with E-state index in [0.717, 1.165) is 9.35 Å². The molecule has 2 rings (SSSR count). The van der Waals surface area contributed by atoms with Gasteiger partial charge in [0.25, 0.3) is 0 Å². The van der Waals surface area contributed by atoms with Crippen LogP contribution in [0.15, 0.2) is 39.5 Å². The van der Waals surface area contributed by atoms with Crippen LogP contribution in [-0.2, 0) is 16.1 Å². The molecule has 0 bridgehead atoms. The maximum Gasteiger partial charge on any atom is 0.338 e. The summed E-state index contributed by atoms with van der Waals surface area (Å²) in [4.78, 5) is 23.3. The van der Waals surface area contributed by atoms with Crippen molar-refractivity contribution < 1.29 is 19.1 Å². The van der Waals surface area contributed by atoms with Gasteiger partial charge in [-0.2, -0.15) is 0 Å². The van der Waals surface area contributed by atoms with Crippen molar-refractivity contribution in [3.8, 4) is 0 Å². The summed E-state index contributed by atoms with van der Waals surface area (Å²) in [5, 5.41) is 1.90. The summed E-state index contributed by atoms with van der Waals surface area (Å²) in [5.74, 6) is -0.959. The number of hydrogen-bond acceptors (Lipinski definition) is 5. The Bertz CT molecular complexity index is 636. The van der Waals surface area contributed by atoms with Gasteiger partial charge in [0.2, 0.25) is 0 Å². The lowest BCUT2D eigenvalue weighted by Gasteiger charge is -2.05. The molecule has 20 heavy (non-hydrogen) atoms. The Morgan fingerprint density at radius 3 is 2.50 bits per heavy atom. The molecule has 0 saturated heterocycles. The summed E-state index contributed by atoms with van der Waals surface area (Å²) in [6.45, 7) is 0.198. The van der Waals surface area contributed by atoms with Crippen molar-refractivity contribution in [3.05, 3.63) is 56.2 Å². The topological polar surface area (TPSA) is 52.6 Å². The van der Waals surface area contributed by atoms with Gasteiger partial charge in [0.1, 0.15) is 6.61 Å². The number of carbonyl (C=O) groups excluding carboxylic acids is 2. The summed E-state index contributed by atoms with van der Waals surface area (Å²) in [7, 11) is 1.29. The van der Waals surface area contributed by atoms with Gasteiger partial charge in [0, 0.05) is 5.56 Å². The lowest BCUT2D eigenvalue weighted by atomic mass is 10.1. The van der Waals surface area contributed by atoms with Gasteiger partial charge in [-0.1, -0.05) is 6.07 Å². The molecule has 0 spiro atoms. The maximum atomic E-state index is 11.9. The molecule has 0 aliphatic carbocycles. The normalized spacial score (nSPS) is 10.1. The predicted octanol–water partition coefficient (Wildman–Crippen LogP) is 3.65. The number of benzene rings is 1. The summed E-state index contributed by atoms with van der Waals surface area (Å²) in [5.41, 5.74) is 1.56. The monoisotopic (exact) mass is 354 g/mol. The van der Waals surface area contributed by atoms with E-state index < -0.39 is 11.9 Å². The molecule has 1 aromatic carbocycles. The van der Waals surface area contributed by atoms with E-state index >= 15 is 0 Å². The number of carbonyl (C=O) groups is 2. The van der Waals surface area contributed by atoms with Crippen molar-refractivity contribution >= 4 is 39.2 Å². The highest BCUT2D eigenvalue weighted by Gasteiger charge is 2.12. The number of ether oxygens (including phenoxy) is 2. The van der Waals surface area contributed by atoms with E-state index in [2.05, 4.69) is 20.7 Å². The second-order valence-electron chi connectivity index (χ2n) is 3.91. The van der Waals surface area contributed by atoms with E-state index in [9.17, 15) is 9.59 Å². The Hall–Kier alpha value is -1.66. The van der Waals surface area contributed by atoms with Gasteiger partial charge in [0.15, 0.2) is 0 Å². The summed E-state index contributed by atoms with van der Waals surface area (Å²) < 4.78 is 10.8. The highest BCUT2D eigenvalue weighted by atomic mass is 79.9. The molecule has 2 aromatic rings. The largest absolute Gasteiger partial charge is 0.465 e. The lowest BCUT2D eigenvalue weighted by Crippen LogP contribution is -2.07. The van der Waals surface area contributed by atoms with Gasteiger partial charge in [-0.3, -0.25) is 0 Å². The van der Waals surface area contributed by atoms with Crippen LogP contribution < -0.4 is 0 Å². The highest BCUT2D eigenvalue weighted by Crippen LogP contribution is 2.21. The van der Waals surface area contributed by atoms with Crippen molar-refractivity contribution in [2.24, 2.45) is 0 Å². The minimum Gasteiger partial charge on any atom is -0.465 e. The van der Waals surface area contributed by atoms with Crippen molar-refractivity contribution in [1.82, 2.24) is 0 Å². The van der Waals surface area contributed by atoms with Crippen LogP contribution in [0.25, 0.3) is 0 Å². The Balaban J connectivity index is 2.03. The molecule has 0 N–H and O–H groups in total. The molecular weight excluding hydrogens is 344 g/mol. The molecule has 0 aliphatic heterocycles. The SMILES string of the molecule is COC(=O)c1cccc(C(=O)OCc2csc(Br)c2)c1. The van der Waals surface area contributed by atoms with Gasteiger partial charge >= 0.3 is 11.9 Å². The molecule has 0 unspecified atom stereocenters. The average Bonchev–Trinajstić information content (AvgIpc) is 2.89. The maximum absolute atomic E-state index is 11.9. The average molecular weight is 355 g/mol. The number of hydrogen-bond donors (Lipinski definition) is 0. The minimum atomic E-state index is -0.485. The van der Waals surface area contributed by atoms with Gasteiger partial charge < -0.3 is 9.47 Å². The lowest BCUT2D eigenvalue weighted by molar-refractivity contribution is 0.0473. The molecule has 0 radical (unpaired) electrons. The van der Waals surface area contributed by atoms with Crippen LogP contribution in [0.3, 0.4) is 0 Å². The first-order valence-electron chi connectivity index (χ1n) is 5.68. The van der Waals surface area contributed by atoms with Gasteiger partial charge in [-0.05, 0) is 45.6 Å². The molecule has 0 fully saturated rings. The third-order valence-electron chi connectivity index (χ3n) is 2.51. The molecule has 0 saturated carbocycles. The molecule has 1 heterocycles. The summed E-state index contributed by atoms with van der Waals surface area (Å²) in [6.07, 6.45) is 0. The van der Waals surface area contributed by atoms with E-state index in [0.29, 0.717) is 11.1 Å². The third kappa shape index (κ3) is 3.68. The zero-order valence-corrected chi connectivity index (χ0v) is 13.0. The fraction of sp³-hybridized carbons (Fsp3) is 0.143. The van der Waals surface area contributed by atoms with Gasteiger partial charge in [-0.25, -0.2) is 9.59 Å². The van der Waals surface area contributed by atoms with E-state index in [1.54, 1.807) is 18.2 Å². The van der Waals surface area contributed by atoms with Crippen LogP contribution in [0, 0.1) is 0 Å². The quantitative estimate of drug-likeness (QED) is 0.786. The third-order valence-corrected chi connectivity index (χ3v) is 4.06. The number of rotatable bonds is 4. The van der Waals surface area contributed by atoms with E-state index in [-0.39, 0.29) is 6.61 Å². The van der Waals surface area contributed by atoms with Crippen LogP contribution in [0.2, 0.25) is 0 Å². The molecule has 0 amide bonds. The van der Waals surface area contributed by atoms with E-state index in [1.165, 1.54) is 24.5 Å². The van der Waals surface area contributed by atoms with Crippen LogP contribution in [-0.4, -0.2) is 19.0 Å². The van der Waals surface area contributed by atoms with Crippen LogP contribution in [0.4, 0.5) is 0 Å². The molecular formula is C14H11BrO4S. The Morgan fingerprint density at radius 1 is 1.20 bits per heavy atom. The first kappa shape index (κ1) is 14.7. The number of methoxy groups -OCH3 is 1. The van der Waals surface area contributed by atoms with Crippen LogP contribution >= 0.6 is 27.3 Å². The Morgan fingerprint density at radius 2 is 1.90 bits per heavy atom. The summed E-state index contributed by atoms with van der Waals surface area (Å²) in [6, 6.07) is 8.14. The van der Waals surface area contributed by atoms with E-state index in [1.807, 2.05) is 11.4 Å². The number of halogens is 1. The fourth-order valence-corrected chi connectivity index (χ4v) is 2.74. The molecule has 0 atom stereocenters. The molecule has 104 valence electrons. The first-order valence-corrected chi connectivity index (χ1v) is 7.36. The minimum absolute atomic E-state index is 0.198. The highest BCUT2D eigenvalue weighted by molar-refractivity contribution is 9.11. The standard InChI is InChI=1S/C14H11BrO4S/c1-18-13(16)10-3-2-4-11(6-10)14(17)19-7-9-5-12(15)20-8-9/h2-6,8H,7H2,1H3. The number of esters is 2. The summed E-state index contributed by atoms with van der Waals surface area (Å²) >= 11 is 4.87. The molecule has 1 aromatic heterocycles. The second-order valence-corrected chi connectivity index (χ2v) is 6.20. The van der Waals surface area contributed by atoms with Crippen molar-refractivity contribution in [1.29, 1.82) is 0 Å². The van der Waals surface area contributed by atoms with Crippen LogP contribution in [0.1, 0.15) is 26.3 Å². The smallest absolute Gasteiger partial charge is 0.338 e. The predicted molar refractivity (Wildman–Crippen MR) is 78.9 cm³/mol. The van der Waals surface area contributed by atoms with Crippen molar-refractivity contribution in [2.75, 3.05) is 7.11 Å². The Kier molecular flexibility index (Phi) is 4.92. The molecule has 0 aliphatic rings. The second kappa shape index (κ2) is 6.67. The van der Waals surface area contributed by atoms with Crippen molar-refractivity contribution in [2.45, 2.75) is 6.61 Å². The fourth-order valence-electron chi connectivity index (χ4n) is 1.54. The molecule has 4 nitrogen and oxygen atoms in total. The number of thiophene rings is 1. The zero-order valence-electron chi connectivity index (χ0n) is 10.6. The van der Waals surface area contributed by atoms with Gasteiger partial charge in [-0.15, -0.1) is 11.3 Å². The molecule has 6 heteroatoms. The van der Waals surface area contributed by atoms with Crippen molar-refractivity contribution in [3.63, 3.8) is 0 Å². The van der Waals surface area contributed by atoms with Crippen LogP contribution in [0.5, 0.6) is 0 Å². The Labute approximate surface area is 128 Å². The zero-order chi connectivity index (χ0) is 14.5. The first-order chi connectivity index (χ1) is 9.60. The van der Waals surface area contributed by atoms with E-state index in [4.69, 9.17) is 4.74 Å².